The fourth-order valence-corrected chi connectivity index (χ4v) is 1.85. The van der Waals surface area contributed by atoms with Crippen LogP contribution in [0, 0.1) is 11.3 Å². The first-order valence-electron chi connectivity index (χ1n) is 5.83. The van der Waals surface area contributed by atoms with Crippen LogP contribution < -0.4 is 5.56 Å². The first-order chi connectivity index (χ1) is 8.74. The van der Waals surface area contributed by atoms with Crippen LogP contribution in [0.4, 0.5) is 0 Å². The van der Waals surface area contributed by atoms with Gasteiger partial charge in [-0.05, 0) is 24.1 Å². The van der Waals surface area contributed by atoms with Crippen molar-refractivity contribution in [2.45, 2.75) is 19.8 Å². The number of nitrogens with one attached hydrogen (secondary N) is 1. The van der Waals surface area contributed by atoms with Gasteiger partial charge in [-0.1, -0.05) is 25.5 Å². The van der Waals surface area contributed by atoms with E-state index >= 15 is 0 Å². The Morgan fingerprint density at radius 3 is 2.67 bits per heavy atom. The lowest BCUT2D eigenvalue weighted by Crippen LogP contribution is -2.10. The molecule has 0 unspecified atom stereocenters. The fourth-order valence-electron chi connectivity index (χ4n) is 1.85. The average molecular weight is 239 g/mol. The van der Waals surface area contributed by atoms with Crippen molar-refractivity contribution < 1.29 is 0 Å². The molecule has 0 amide bonds. The van der Waals surface area contributed by atoms with Gasteiger partial charge in [0.2, 0.25) is 0 Å². The van der Waals surface area contributed by atoms with Crippen molar-refractivity contribution in [2.24, 2.45) is 0 Å². The van der Waals surface area contributed by atoms with Crippen LogP contribution >= 0.6 is 0 Å². The molecule has 1 N–H and O–H groups in total. The summed E-state index contributed by atoms with van der Waals surface area (Å²) in [5.41, 5.74) is 3.05. The molecule has 1 heterocycles. The summed E-state index contributed by atoms with van der Waals surface area (Å²) in [4.78, 5) is 11.3. The third kappa shape index (κ3) is 2.46. The molecule has 0 atom stereocenters. The molecule has 0 saturated heterocycles. The second kappa shape index (κ2) is 5.28. The zero-order valence-corrected chi connectivity index (χ0v) is 10.1. The van der Waals surface area contributed by atoms with Gasteiger partial charge in [0, 0.05) is 11.6 Å². The zero-order valence-electron chi connectivity index (χ0n) is 10.1. The largest absolute Gasteiger partial charge is 0.268 e. The van der Waals surface area contributed by atoms with Crippen molar-refractivity contribution in [3.8, 4) is 17.3 Å². The summed E-state index contributed by atoms with van der Waals surface area (Å²) in [6.45, 7) is 2.06. The molecular formula is C14H13N3O. The minimum atomic E-state index is -0.184. The van der Waals surface area contributed by atoms with Gasteiger partial charge in [-0.15, -0.1) is 0 Å². The predicted molar refractivity (Wildman–Crippen MR) is 69.0 cm³/mol. The summed E-state index contributed by atoms with van der Waals surface area (Å²) >= 11 is 0. The molecule has 4 nitrogen and oxygen atoms in total. The maximum Gasteiger partial charge on any atom is 0.264 e. The van der Waals surface area contributed by atoms with Crippen LogP contribution in [-0.2, 0) is 6.42 Å². The Balaban J connectivity index is 2.49. The van der Waals surface area contributed by atoms with E-state index in [1.807, 2.05) is 12.1 Å². The van der Waals surface area contributed by atoms with Crippen LogP contribution in [0.5, 0.6) is 0 Å². The van der Waals surface area contributed by atoms with E-state index in [1.54, 1.807) is 18.2 Å². The molecular weight excluding hydrogens is 226 g/mol. The van der Waals surface area contributed by atoms with E-state index in [0.29, 0.717) is 5.56 Å². The third-order valence-corrected chi connectivity index (χ3v) is 2.69. The Labute approximate surface area is 105 Å². The highest BCUT2D eigenvalue weighted by molar-refractivity contribution is 5.63. The van der Waals surface area contributed by atoms with Crippen molar-refractivity contribution >= 4 is 0 Å². The lowest BCUT2D eigenvalue weighted by Gasteiger charge is -2.06. The van der Waals surface area contributed by atoms with Gasteiger partial charge in [0.15, 0.2) is 0 Å². The molecule has 90 valence electrons. The van der Waals surface area contributed by atoms with E-state index in [-0.39, 0.29) is 5.56 Å². The summed E-state index contributed by atoms with van der Waals surface area (Å²) in [7, 11) is 0. The number of aromatic nitrogens is 2. The number of benzene rings is 1. The minimum absolute atomic E-state index is 0.184. The maximum atomic E-state index is 11.3. The monoisotopic (exact) mass is 239 g/mol. The predicted octanol–water partition coefficient (Wildman–Crippen LogP) is 2.26. The molecule has 1 aromatic carbocycles. The zero-order chi connectivity index (χ0) is 13.0. The molecule has 0 aliphatic rings. The molecule has 2 aromatic rings. The van der Waals surface area contributed by atoms with Crippen LogP contribution in [0.2, 0.25) is 0 Å². The second-order valence-corrected chi connectivity index (χ2v) is 4.05. The number of nitrogens with zero attached hydrogens (tertiary/aromatic N) is 2. The third-order valence-electron chi connectivity index (χ3n) is 2.69. The van der Waals surface area contributed by atoms with E-state index in [2.05, 4.69) is 23.2 Å². The Hall–Kier alpha value is -2.41. The second-order valence-electron chi connectivity index (χ2n) is 4.05. The Morgan fingerprint density at radius 1 is 1.33 bits per heavy atom. The Kier molecular flexibility index (Phi) is 3.54. The van der Waals surface area contributed by atoms with Gasteiger partial charge < -0.3 is 0 Å². The summed E-state index contributed by atoms with van der Waals surface area (Å²) in [6, 6.07) is 10.9. The van der Waals surface area contributed by atoms with Gasteiger partial charge in [0.05, 0.1) is 17.3 Å². The molecule has 1 aromatic heterocycles. The van der Waals surface area contributed by atoms with E-state index in [4.69, 9.17) is 5.26 Å². The van der Waals surface area contributed by atoms with Crippen molar-refractivity contribution in [1.82, 2.24) is 10.2 Å². The fraction of sp³-hybridized carbons (Fsp3) is 0.214. The average Bonchev–Trinajstić information content (AvgIpc) is 2.40. The highest BCUT2D eigenvalue weighted by Crippen LogP contribution is 2.21. The van der Waals surface area contributed by atoms with Gasteiger partial charge in [0.25, 0.3) is 5.56 Å². The van der Waals surface area contributed by atoms with Crippen LogP contribution in [0.25, 0.3) is 11.3 Å². The summed E-state index contributed by atoms with van der Waals surface area (Å²) in [5.74, 6) is 0. The topological polar surface area (TPSA) is 69.5 Å². The normalized spacial score (nSPS) is 10.0. The minimum Gasteiger partial charge on any atom is -0.268 e. The quantitative estimate of drug-likeness (QED) is 0.893. The van der Waals surface area contributed by atoms with Crippen molar-refractivity contribution in [3.05, 3.63) is 51.8 Å². The number of aryl methyl sites for hydroxylation is 1. The van der Waals surface area contributed by atoms with E-state index < -0.39 is 0 Å². The number of rotatable bonds is 3. The van der Waals surface area contributed by atoms with Gasteiger partial charge in [-0.25, -0.2) is 5.10 Å². The summed E-state index contributed by atoms with van der Waals surface area (Å²) < 4.78 is 0. The molecule has 0 radical (unpaired) electrons. The van der Waals surface area contributed by atoms with E-state index in [0.717, 1.165) is 29.7 Å². The molecule has 0 bridgehead atoms. The van der Waals surface area contributed by atoms with Gasteiger partial charge in [-0.2, -0.15) is 10.4 Å². The van der Waals surface area contributed by atoms with E-state index in [1.165, 1.54) is 0 Å². The highest BCUT2D eigenvalue weighted by atomic mass is 16.1. The summed E-state index contributed by atoms with van der Waals surface area (Å²) in [6.07, 6.45) is 1.76. The number of nitriles is 1. The number of hydrogen-bond donors (Lipinski definition) is 1. The smallest absolute Gasteiger partial charge is 0.264 e. The number of H-pyrrole nitrogens is 1. The van der Waals surface area contributed by atoms with Crippen LogP contribution in [0.15, 0.2) is 35.1 Å². The van der Waals surface area contributed by atoms with Crippen molar-refractivity contribution in [1.29, 1.82) is 5.26 Å². The SMILES string of the molecule is CCCc1cc(=O)[nH]nc1-c1ccc(C#N)cc1. The molecule has 0 aliphatic carbocycles. The standard InChI is InChI=1S/C14H13N3O/c1-2-3-12-8-13(18)16-17-14(12)11-6-4-10(9-15)5-7-11/h4-8H,2-3H2,1H3,(H,16,18). The first-order valence-corrected chi connectivity index (χ1v) is 5.83. The van der Waals surface area contributed by atoms with Gasteiger partial charge in [0.1, 0.15) is 0 Å². The molecule has 2 rings (SSSR count). The lowest BCUT2D eigenvalue weighted by atomic mass is 10.0. The van der Waals surface area contributed by atoms with Gasteiger partial charge >= 0.3 is 0 Å². The van der Waals surface area contributed by atoms with Crippen LogP contribution in [0.3, 0.4) is 0 Å². The van der Waals surface area contributed by atoms with Crippen LogP contribution in [0.1, 0.15) is 24.5 Å². The number of aromatic amines is 1. The molecule has 0 spiro atoms. The summed E-state index contributed by atoms with van der Waals surface area (Å²) in [5, 5.41) is 15.3. The van der Waals surface area contributed by atoms with E-state index in [9.17, 15) is 4.79 Å². The molecule has 0 aliphatic heterocycles. The van der Waals surface area contributed by atoms with Crippen molar-refractivity contribution in [2.75, 3.05) is 0 Å². The van der Waals surface area contributed by atoms with Crippen LogP contribution in [-0.4, -0.2) is 10.2 Å². The Morgan fingerprint density at radius 2 is 2.06 bits per heavy atom. The molecule has 0 saturated carbocycles. The molecule has 0 fully saturated rings. The first kappa shape index (κ1) is 12.1. The maximum absolute atomic E-state index is 11.3. The number of hydrogen-bond acceptors (Lipinski definition) is 3. The highest BCUT2D eigenvalue weighted by Gasteiger charge is 2.07. The lowest BCUT2D eigenvalue weighted by molar-refractivity contribution is 0.886. The molecule has 18 heavy (non-hydrogen) atoms. The van der Waals surface area contributed by atoms with Gasteiger partial charge in [-0.3, -0.25) is 4.79 Å². The van der Waals surface area contributed by atoms with Crippen molar-refractivity contribution in [3.63, 3.8) is 0 Å². The Bertz CT molecular complexity index is 635. The molecule has 4 heteroatoms.